The smallest absolute Gasteiger partial charge is 0.282 e. The lowest BCUT2D eigenvalue weighted by Gasteiger charge is -2.45. The largest absolute Gasteiger partial charge is 0.481 e. The number of amidine groups is 1. The minimum atomic E-state index is -1.05. The maximum absolute atomic E-state index is 15.0. The van der Waals surface area contributed by atoms with E-state index in [1.165, 1.54) is 12.1 Å². The second-order valence-electron chi connectivity index (χ2n) is 7.77. The van der Waals surface area contributed by atoms with E-state index in [0.29, 0.717) is 18.7 Å². The fourth-order valence-corrected chi connectivity index (χ4v) is 4.72. The molecule has 6 nitrogen and oxygen atoms in total. The molecular formula is C23H20F2N4O2. The molecule has 1 aliphatic heterocycles. The topological polar surface area (TPSA) is 82.6 Å². The van der Waals surface area contributed by atoms with Crippen molar-refractivity contribution in [3.63, 3.8) is 0 Å². The predicted molar refractivity (Wildman–Crippen MR) is 111 cm³/mol. The first-order valence-electron chi connectivity index (χ1n) is 9.90. The summed E-state index contributed by atoms with van der Waals surface area (Å²) in [6.45, 7) is 0.267. The number of aliphatic imine (C=N–C) groups is 1. The van der Waals surface area contributed by atoms with Gasteiger partial charge in [0.05, 0.1) is 13.7 Å². The van der Waals surface area contributed by atoms with Crippen LogP contribution in [0.5, 0.6) is 5.88 Å². The van der Waals surface area contributed by atoms with Gasteiger partial charge in [0.1, 0.15) is 17.2 Å². The number of nitrogens with two attached hydrogens (primary N) is 1. The summed E-state index contributed by atoms with van der Waals surface area (Å²) in [5, 5.41) is 0. The van der Waals surface area contributed by atoms with E-state index in [1.54, 1.807) is 25.7 Å². The molecular weight excluding hydrogens is 402 g/mol. The number of rotatable bonds is 3. The quantitative estimate of drug-likeness (QED) is 0.700. The van der Waals surface area contributed by atoms with Crippen molar-refractivity contribution in [2.24, 2.45) is 16.6 Å². The fraction of sp³-hybridized carbons (Fsp3) is 0.261. The highest BCUT2D eigenvalue weighted by Crippen LogP contribution is 2.50. The third kappa shape index (κ3) is 3.10. The zero-order valence-corrected chi connectivity index (χ0v) is 16.8. The summed E-state index contributed by atoms with van der Waals surface area (Å²) < 4.78 is 39.7. The number of aromatic nitrogens is 2. The number of nitrogens with zero attached hydrogens (tertiary/aromatic N) is 3. The van der Waals surface area contributed by atoms with E-state index in [4.69, 9.17) is 15.2 Å². The van der Waals surface area contributed by atoms with E-state index in [1.807, 2.05) is 12.1 Å². The standard InChI is InChI=1S/C23H20F2N4O2/c1-30-21-17-9-23(19-5-4-15(24)8-20(19)25)14(12-31-22(26)29-23)7-16(17)18(11-28-21)13-3-2-6-27-10-13/h2-6,8,10-11,14H,7,9,12H2,1H3,(H2,26,29)/t14-,23-/m0/s1. The summed E-state index contributed by atoms with van der Waals surface area (Å²) in [7, 11) is 1.55. The van der Waals surface area contributed by atoms with Crippen molar-refractivity contribution in [3.8, 4) is 17.0 Å². The molecule has 0 amide bonds. The molecule has 1 aliphatic carbocycles. The predicted octanol–water partition coefficient (Wildman–Crippen LogP) is 3.39. The van der Waals surface area contributed by atoms with Gasteiger partial charge < -0.3 is 15.2 Å². The Morgan fingerprint density at radius 1 is 1.19 bits per heavy atom. The molecule has 3 aromatic rings. The van der Waals surface area contributed by atoms with Crippen LogP contribution in [0.15, 0.2) is 53.9 Å². The van der Waals surface area contributed by atoms with E-state index < -0.39 is 17.2 Å². The second-order valence-corrected chi connectivity index (χ2v) is 7.77. The molecule has 158 valence electrons. The second kappa shape index (κ2) is 7.30. The van der Waals surface area contributed by atoms with E-state index in [0.717, 1.165) is 28.3 Å². The number of hydrogen-bond donors (Lipinski definition) is 1. The minimum Gasteiger partial charge on any atom is -0.481 e. The van der Waals surface area contributed by atoms with Crippen LogP contribution in [0.4, 0.5) is 8.78 Å². The van der Waals surface area contributed by atoms with Gasteiger partial charge in [-0.1, -0.05) is 12.1 Å². The Morgan fingerprint density at radius 2 is 2.06 bits per heavy atom. The summed E-state index contributed by atoms with van der Waals surface area (Å²) >= 11 is 0. The van der Waals surface area contributed by atoms with Gasteiger partial charge in [0.15, 0.2) is 0 Å². The van der Waals surface area contributed by atoms with Crippen LogP contribution in [0.3, 0.4) is 0 Å². The Bertz CT molecular complexity index is 1190. The minimum absolute atomic E-state index is 0.0150. The highest BCUT2D eigenvalue weighted by molar-refractivity contribution is 5.74. The lowest BCUT2D eigenvalue weighted by atomic mass is 9.66. The molecule has 1 aromatic carbocycles. The summed E-state index contributed by atoms with van der Waals surface area (Å²) in [6, 6.07) is 7.36. The van der Waals surface area contributed by atoms with Crippen LogP contribution >= 0.6 is 0 Å². The maximum Gasteiger partial charge on any atom is 0.282 e. The molecule has 8 heteroatoms. The zero-order valence-electron chi connectivity index (χ0n) is 16.8. The van der Waals surface area contributed by atoms with Crippen molar-refractivity contribution in [1.82, 2.24) is 9.97 Å². The number of fused-ring (bicyclic) bond motifs is 2. The van der Waals surface area contributed by atoms with E-state index in [2.05, 4.69) is 15.0 Å². The highest BCUT2D eigenvalue weighted by Gasteiger charge is 2.50. The Labute approximate surface area is 177 Å². The van der Waals surface area contributed by atoms with Gasteiger partial charge >= 0.3 is 0 Å². The van der Waals surface area contributed by atoms with Crippen LogP contribution in [0.1, 0.15) is 16.7 Å². The SMILES string of the molecule is COc1ncc(-c2cccnc2)c2c1C[C@]1(c3ccc(F)cc3F)N=C(N)OC[C@@H]1C2. The molecule has 3 heterocycles. The Balaban J connectivity index is 1.74. The number of benzene rings is 1. The zero-order chi connectivity index (χ0) is 21.6. The molecule has 2 atom stereocenters. The Morgan fingerprint density at radius 3 is 2.81 bits per heavy atom. The van der Waals surface area contributed by atoms with Gasteiger partial charge in [0.25, 0.3) is 6.02 Å². The first kappa shape index (κ1) is 19.4. The van der Waals surface area contributed by atoms with Gasteiger partial charge in [-0.05, 0) is 24.1 Å². The van der Waals surface area contributed by atoms with E-state index in [-0.39, 0.29) is 24.1 Å². The number of ether oxygens (including phenoxy) is 2. The molecule has 2 N–H and O–H groups in total. The van der Waals surface area contributed by atoms with Gasteiger partial charge in [0.2, 0.25) is 5.88 Å². The Hall–Kier alpha value is -3.55. The number of methoxy groups -OCH3 is 1. The lowest BCUT2D eigenvalue weighted by Crippen LogP contribution is -2.49. The average molecular weight is 422 g/mol. The molecule has 31 heavy (non-hydrogen) atoms. The first-order valence-corrected chi connectivity index (χ1v) is 9.90. The van der Waals surface area contributed by atoms with Gasteiger partial charge in [-0.15, -0.1) is 0 Å². The van der Waals surface area contributed by atoms with Crippen molar-refractivity contribution in [1.29, 1.82) is 0 Å². The van der Waals surface area contributed by atoms with Crippen molar-refractivity contribution >= 4 is 6.02 Å². The summed E-state index contributed by atoms with van der Waals surface area (Å²) in [5.74, 6) is -1.08. The van der Waals surface area contributed by atoms with Crippen LogP contribution in [0.25, 0.3) is 11.1 Å². The normalized spacial score (nSPS) is 22.0. The van der Waals surface area contributed by atoms with Crippen LogP contribution in [-0.4, -0.2) is 29.7 Å². The summed E-state index contributed by atoms with van der Waals surface area (Å²) in [4.78, 5) is 13.3. The molecule has 0 saturated carbocycles. The van der Waals surface area contributed by atoms with E-state index >= 15 is 0 Å². The van der Waals surface area contributed by atoms with Crippen molar-refractivity contribution in [3.05, 3.63) is 77.2 Å². The molecule has 0 unspecified atom stereocenters. The highest BCUT2D eigenvalue weighted by atomic mass is 19.1. The van der Waals surface area contributed by atoms with Gasteiger partial charge in [-0.3, -0.25) is 4.98 Å². The molecule has 0 radical (unpaired) electrons. The first-order chi connectivity index (χ1) is 15.0. The molecule has 0 saturated heterocycles. The lowest BCUT2D eigenvalue weighted by molar-refractivity contribution is 0.112. The average Bonchev–Trinajstić information content (AvgIpc) is 2.77. The maximum atomic E-state index is 15.0. The number of halogens is 2. The fourth-order valence-electron chi connectivity index (χ4n) is 4.72. The third-order valence-corrected chi connectivity index (χ3v) is 6.14. The summed E-state index contributed by atoms with van der Waals surface area (Å²) in [6.07, 6.45) is 6.08. The Kier molecular flexibility index (Phi) is 4.57. The van der Waals surface area contributed by atoms with Crippen LogP contribution in [0.2, 0.25) is 0 Å². The van der Waals surface area contributed by atoms with Crippen LogP contribution in [0, 0.1) is 17.6 Å². The van der Waals surface area contributed by atoms with Crippen LogP contribution in [-0.2, 0) is 23.1 Å². The van der Waals surface area contributed by atoms with Crippen molar-refractivity contribution in [2.75, 3.05) is 13.7 Å². The molecule has 0 bridgehead atoms. The summed E-state index contributed by atoms with van der Waals surface area (Å²) in [5.41, 5.74) is 8.87. The number of hydrogen-bond acceptors (Lipinski definition) is 6. The molecule has 0 fully saturated rings. The molecule has 0 spiro atoms. The van der Waals surface area contributed by atoms with Gasteiger partial charge in [-0.25, -0.2) is 18.8 Å². The van der Waals surface area contributed by atoms with Gasteiger partial charge in [0, 0.05) is 59.2 Å². The van der Waals surface area contributed by atoms with Crippen molar-refractivity contribution in [2.45, 2.75) is 18.4 Å². The third-order valence-electron chi connectivity index (χ3n) is 6.14. The molecule has 2 aromatic heterocycles. The van der Waals surface area contributed by atoms with Gasteiger partial charge in [-0.2, -0.15) is 0 Å². The molecule has 5 rings (SSSR count). The monoisotopic (exact) mass is 422 g/mol. The van der Waals surface area contributed by atoms with Crippen LogP contribution < -0.4 is 10.5 Å². The molecule has 2 aliphatic rings. The number of pyridine rings is 2. The van der Waals surface area contributed by atoms with Crippen molar-refractivity contribution < 1.29 is 18.3 Å². The van der Waals surface area contributed by atoms with E-state index in [9.17, 15) is 8.78 Å².